The number of rotatable bonds is 5. The molecular formula is C28H22N6O. The lowest BCUT2D eigenvalue weighted by atomic mass is 10.1. The minimum Gasteiger partial charge on any atom is -0.265 e. The summed E-state index contributed by atoms with van der Waals surface area (Å²) in [7, 11) is 0. The van der Waals surface area contributed by atoms with E-state index in [0.717, 1.165) is 33.7 Å². The smallest absolute Gasteiger partial charge is 0.265 e. The molecule has 0 spiro atoms. The van der Waals surface area contributed by atoms with Crippen molar-refractivity contribution >= 4 is 16.4 Å². The Morgan fingerprint density at radius 1 is 0.857 bits per heavy atom. The van der Waals surface area contributed by atoms with Crippen molar-refractivity contribution < 1.29 is 0 Å². The van der Waals surface area contributed by atoms with Gasteiger partial charge >= 0.3 is 0 Å². The van der Waals surface area contributed by atoms with Crippen molar-refractivity contribution in [1.29, 1.82) is 0 Å². The molecular weight excluding hydrogens is 436 g/mol. The van der Waals surface area contributed by atoms with Crippen LogP contribution in [0.1, 0.15) is 18.3 Å². The van der Waals surface area contributed by atoms with Crippen molar-refractivity contribution in [3.63, 3.8) is 0 Å². The van der Waals surface area contributed by atoms with Gasteiger partial charge in [-0.1, -0.05) is 67.6 Å². The summed E-state index contributed by atoms with van der Waals surface area (Å²) in [6.45, 7) is 2.37. The molecule has 0 aliphatic rings. The van der Waals surface area contributed by atoms with Crippen LogP contribution in [0, 0.1) is 0 Å². The van der Waals surface area contributed by atoms with Crippen LogP contribution in [0.4, 0.5) is 0 Å². The highest BCUT2D eigenvalue weighted by atomic mass is 16.1. The quantitative estimate of drug-likeness (QED) is 0.372. The summed E-state index contributed by atoms with van der Waals surface area (Å²) in [5, 5.41) is 10.4. The lowest BCUT2D eigenvalue weighted by Gasteiger charge is -2.13. The van der Waals surface area contributed by atoms with Crippen LogP contribution in [0.25, 0.3) is 38.9 Å². The Kier molecular flexibility index (Phi) is 5.15. The summed E-state index contributed by atoms with van der Waals surface area (Å²) in [6, 6.07) is 25.7. The normalized spacial score (nSPS) is 11.3. The van der Waals surface area contributed by atoms with Crippen molar-refractivity contribution in [3.8, 4) is 22.5 Å². The van der Waals surface area contributed by atoms with Crippen molar-refractivity contribution in [2.75, 3.05) is 0 Å². The van der Waals surface area contributed by atoms with Crippen LogP contribution in [0.3, 0.4) is 0 Å². The number of fused-ring (bicyclic) bond motifs is 3. The van der Waals surface area contributed by atoms with Crippen LogP contribution in [-0.4, -0.2) is 29.4 Å². The van der Waals surface area contributed by atoms with Crippen LogP contribution < -0.4 is 5.56 Å². The van der Waals surface area contributed by atoms with Crippen LogP contribution in [-0.2, 0) is 13.0 Å². The van der Waals surface area contributed by atoms with E-state index >= 15 is 0 Å². The monoisotopic (exact) mass is 458 g/mol. The zero-order valence-corrected chi connectivity index (χ0v) is 19.2. The Balaban J connectivity index is 1.70. The first kappa shape index (κ1) is 20.9. The first-order chi connectivity index (χ1) is 17.2. The summed E-state index contributed by atoms with van der Waals surface area (Å²) >= 11 is 0. The Hall–Kier alpha value is -4.65. The van der Waals surface area contributed by atoms with Crippen molar-refractivity contribution in [2.45, 2.75) is 19.9 Å². The number of hydrogen-bond acceptors (Lipinski definition) is 5. The number of benzene rings is 2. The van der Waals surface area contributed by atoms with Gasteiger partial charge in [-0.2, -0.15) is 10.2 Å². The molecule has 0 radical (unpaired) electrons. The standard InChI is InChI=1S/C28H22N6O/c1-2-24-30-27-25(23-16-22(31-34(23)24)20-12-7-4-8-13-20)26(21-14-9-15-29-17-21)32-33(28(27)35)18-19-10-5-3-6-11-19/h3-17H,2,18H2,1H3. The van der Waals surface area contributed by atoms with Gasteiger partial charge in [0.15, 0.2) is 0 Å². The average Bonchev–Trinajstić information content (AvgIpc) is 3.37. The third-order valence-corrected chi connectivity index (χ3v) is 6.08. The van der Waals surface area contributed by atoms with E-state index in [-0.39, 0.29) is 5.56 Å². The fraction of sp³-hybridized carbons (Fsp3) is 0.107. The predicted octanol–water partition coefficient (Wildman–Crippen LogP) is 4.78. The zero-order valence-electron chi connectivity index (χ0n) is 19.2. The summed E-state index contributed by atoms with van der Waals surface area (Å²) in [4.78, 5) is 22.8. The maximum atomic E-state index is 13.7. The Bertz CT molecular complexity index is 1710. The second-order valence-electron chi connectivity index (χ2n) is 8.34. The highest BCUT2D eigenvalue weighted by molar-refractivity contribution is 6.03. The van der Waals surface area contributed by atoms with Crippen LogP contribution in [0.15, 0.2) is 96.1 Å². The molecule has 0 fully saturated rings. The van der Waals surface area contributed by atoms with E-state index in [1.165, 1.54) is 4.68 Å². The van der Waals surface area contributed by atoms with E-state index < -0.39 is 0 Å². The Labute approximate surface area is 201 Å². The molecule has 0 atom stereocenters. The van der Waals surface area contributed by atoms with E-state index in [9.17, 15) is 4.79 Å². The molecule has 0 bridgehead atoms. The molecule has 7 heteroatoms. The SMILES string of the molecule is CCc1nc2c(=O)n(Cc3ccccc3)nc(-c3cccnc3)c2c2cc(-c3ccccc3)nn12. The minimum atomic E-state index is -0.226. The van der Waals surface area contributed by atoms with Gasteiger partial charge in [-0.25, -0.2) is 14.2 Å². The average molecular weight is 459 g/mol. The predicted molar refractivity (Wildman–Crippen MR) is 136 cm³/mol. The summed E-state index contributed by atoms with van der Waals surface area (Å²) in [6.07, 6.45) is 4.11. The van der Waals surface area contributed by atoms with Gasteiger partial charge in [0.05, 0.1) is 23.1 Å². The molecule has 0 aliphatic heterocycles. The van der Waals surface area contributed by atoms with Gasteiger partial charge in [-0.05, 0) is 23.8 Å². The van der Waals surface area contributed by atoms with E-state index in [0.29, 0.717) is 29.6 Å². The molecule has 2 aromatic carbocycles. The lowest BCUT2D eigenvalue weighted by Crippen LogP contribution is -2.26. The van der Waals surface area contributed by atoms with E-state index in [2.05, 4.69) is 4.98 Å². The third kappa shape index (κ3) is 3.67. The molecule has 35 heavy (non-hydrogen) atoms. The van der Waals surface area contributed by atoms with Gasteiger partial charge < -0.3 is 0 Å². The molecule has 0 saturated heterocycles. The van der Waals surface area contributed by atoms with E-state index in [1.54, 1.807) is 12.4 Å². The molecule has 0 N–H and O–H groups in total. The molecule has 0 unspecified atom stereocenters. The van der Waals surface area contributed by atoms with Gasteiger partial charge in [0.25, 0.3) is 5.56 Å². The second-order valence-corrected chi connectivity index (χ2v) is 8.34. The fourth-order valence-corrected chi connectivity index (χ4v) is 4.38. The first-order valence-electron chi connectivity index (χ1n) is 11.6. The van der Waals surface area contributed by atoms with E-state index in [4.69, 9.17) is 15.2 Å². The largest absolute Gasteiger partial charge is 0.293 e. The van der Waals surface area contributed by atoms with Crippen LogP contribution in [0.2, 0.25) is 0 Å². The maximum Gasteiger partial charge on any atom is 0.293 e. The molecule has 170 valence electrons. The first-order valence-corrected chi connectivity index (χ1v) is 11.6. The molecule has 0 amide bonds. The van der Waals surface area contributed by atoms with Gasteiger partial charge in [-0.15, -0.1) is 0 Å². The fourth-order valence-electron chi connectivity index (χ4n) is 4.38. The van der Waals surface area contributed by atoms with Crippen LogP contribution >= 0.6 is 0 Å². The van der Waals surface area contributed by atoms with Crippen molar-refractivity contribution in [3.05, 3.63) is 113 Å². The zero-order chi connectivity index (χ0) is 23.8. The van der Waals surface area contributed by atoms with Gasteiger partial charge in [0.1, 0.15) is 17.0 Å². The molecule has 4 heterocycles. The summed E-state index contributed by atoms with van der Waals surface area (Å²) in [5.74, 6) is 0.723. The number of aromatic nitrogens is 6. The number of aryl methyl sites for hydroxylation is 1. The molecule has 6 aromatic rings. The van der Waals surface area contributed by atoms with Gasteiger partial charge in [-0.3, -0.25) is 9.78 Å². The van der Waals surface area contributed by atoms with Crippen LogP contribution in [0.5, 0.6) is 0 Å². The molecule has 0 saturated carbocycles. The Morgan fingerprint density at radius 3 is 2.31 bits per heavy atom. The highest BCUT2D eigenvalue weighted by Gasteiger charge is 2.21. The summed E-state index contributed by atoms with van der Waals surface area (Å²) < 4.78 is 3.34. The number of pyridine rings is 1. The molecule has 4 aromatic heterocycles. The number of hydrogen-bond donors (Lipinski definition) is 0. The Morgan fingerprint density at radius 2 is 1.60 bits per heavy atom. The van der Waals surface area contributed by atoms with Gasteiger partial charge in [0, 0.05) is 29.9 Å². The molecule has 7 nitrogen and oxygen atoms in total. The lowest BCUT2D eigenvalue weighted by molar-refractivity contribution is 0.648. The van der Waals surface area contributed by atoms with E-state index in [1.807, 2.05) is 90.3 Å². The van der Waals surface area contributed by atoms with Crippen molar-refractivity contribution in [2.24, 2.45) is 0 Å². The highest BCUT2D eigenvalue weighted by Crippen LogP contribution is 2.30. The topological polar surface area (TPSA) is 78.0 Å². The number of nitrogens with zero attached hydrogens (tertiary/aromatic N) is 6. The third-order valence-electron chi connectivity index (χ3n) is 6.08. The molecule has 6 rings (SSSR count). The minimum absolute atomic E-state index is 0.226. The summed E-state index contributed by atoms with van der Waals surface area (Å²) in [5.41, 5.74) is 5.25. The maximum absolute atomic E-state index is 13.7. The van der Waals surface area contributed by atoms with Gasteiger partial charge in [0.2, 0.25) is 0 Å². The second kappa shape index (κ2) is 8.61. The van der Waals surface area contributed by atoms with Crippen molar-refractivity contribution in [1.82, 2.24) is 29.4 Å². The molecule has 0 aliphatic carbocycles.